The van der Waals surface area contributed by atoms with Gasteiger partial charge in [-0.3, -0.25) is 0 Å². The van der Waals surface area contributed by atoms with Gasteiger partial charge in [-0.25, -0.2) is 0 Å². The highest BCUT2D eigenvalue weighted by atomic mass is 28.4. The van der Waals surface area contributed by atoms with Crippen LogP contribution >= 0.6 is 0 Å². The molecule has 4 atom stereocenters. The number of hydrogen-bond acceptors (Lipinski definition) is 9. The highest BCUT2D eigenvalue weighted by molar-refractivity contribution is 6.60. The summed E-state index contributed by atoms with van der Waals surface area (Å²) in [4.78, 5) is 0. The number of hydrogen-bond donors (Lipinski definition) is 0. The molecule has 4 unspecified atom stereocenters. The highest BCUT2D eigenvalue weighted by Crippen LogP contribution is 2.41. The smallest absolute Gasteiger partial charge is 0.379 e. The van der Waals surface area contributed by atoms with Crippen molar-refractivity contribution in [2.45, 2.75) is 62.5 Å². The standard InChI is InChI=1S/C11H22O4Si.C9H20O5Si.H2/c1-12-16(13-2,14-3)7-6-9-4-5-10-11(8-9)15-10;1-10-15(11-2,12-3)6-4-5-13-7-9-8-14-9;/h9-11H,4-8H2,1-3H3;9H,4-8H2,1-3H3;1H. The zero-order valence-electron chi connectivity index (χ0n) is 20.1. The summed E-state index contributed by atoms with van der Waals surface area (Å²) in [7, 11) is 5.17. The lowest BCUT2D eigenvalue weighted by atomic mass is 9.88. The first-order valence-corrected chi connectivity index (χ1v) is 15.0. The van der Waals surface area contributed by atoms with Crippen molar-refractivity contribution < 1.29 is 42.2 Å². The van der Waals surface area contributed by atoms with Crippen molar-refractivity contribution in [1.82, 2.24) is 0 Å². The van der Waals surface area contributed by atoms with Gasteiger partial charge in [0.2, 0.25) is 0 Å². The van der Waals surface area contributed by atoms with E-state index in [9.17, 15) is 0 Å². The summed E-state index contributed by atoms with van der Waals surface area (Å²) in [5, 5.41) is 0. The van der Waals surface area contributed by atoms with Gasteiger partial charge in [-0.2, -0.15) is 0 Å². The predicted molar refractivity (Wildman–Crippen MR) is 121 cm³/mol. The summed E-state index contributed by atoms with van der Waals surface area (Å²) in [5.41, 5.74) is 0. The summed E-state index contributed by atoms with van der Waals surface area (Å²) < 4.78 is 48.1. The molecule has 2 aliphatic heterocycles. The quantitative estimate of drug-likeness (QED) is 0.198. The predicted octanol–water partition coefficient (Wildman–Crippen LogP) is 2.74. The first kappa shape index (κ1) is 27.3. The van der Waals surface area contributed by atoms with E-state index in [0.717, 1.165) is 37.5 Å². The topological polar surface area (TPSA) is 89.7 Å². The largest absolute Gasteiger partial charge is 0.500 e. The minimum Gasteiger partial charge on any atom is -0.379 e. The average molecular weight is 485 g/mol. The molecule has 3 aliphatic rings. The molecule has 9 nitrogen and oxygen atoms in total. The Morgan fingerprint density at radius 1 is 0.806 bits per heavy atom. The average Bonchev–Trinajstić information content (AvgIpc) is 3.74. The fourth-order valence-corrected chi connectivity index (χ4v) is 7.58. The van der Waals surface area contributed by atoms with Crippen LogP contribution in [-0.2, 0) is 40.8 Å². The second-order valence-electron chi connectivity index (χ2n) is 8.16. The molecule has 1 saturated carbocycles. The molecule has 0 N–H and O–H groups in total. The van der Waals surface area contributed by atoms with Gasteiger partial charge >= 0.3 is 17.6 Å². The molecule has 0 aromatic carbocycles. The summed E-state index contributed by atoms with van der Waals surface area (Å²) in [6.45, 7) is 2.24. The van der Waals surface area contributed by atoms with Crippen molar-refractivity contribution in [3.8, 4) is 0 Å². The Kier molecular flexibility index (Phi) is 12.1. The van der Waals surface area contributed by atoms with Crippen molar-refractivity contribution in [3.63, 3.8) is 0 Å². The molecule has 0 aromatic rings. The van der Waals surface area contributed by atoms with E-state index in [0.29, 0.717) is 31.5 Å². The van der Waals surface area contributed by atoms with Crippen molar-refractivity contribution >= 4 is 17.6 Å². The second kappa shape index (κ2) is 13.7. The monoisotopic (exact) mass is 484 g/mol. The van der Waals surface area contributed by atoms with Gasteiger partial charge in [0, 0.05) is 62.8 Å². The van der Waals surface area contributed by atoms with Crippen LogP contribution in [0.15, 0.2) is 0 Å². The van der Waals surface area contributed by atoms with E-state index in [4.69, 9.17) is 40.8 Å². The van der Waals surface area contributed by atoms with E-state index in [1.807, 2.05) is 0 Å². The van der Waals surface area contributed by atoms with Gasteiger partial charge in [0.1, 0.15) is 6.10 Å². The maximum absolute atomic E-state index is 5.54. The van der Waals surface area contributed by atoms with Crippen LogP contribution in [0.1, 0.15) is 33.5 Å². The minimum absolute atomic E-state index is 0. The first-order valence-electron chi connectivity index (χ1n) is 11.1. The van der Waals surface area contributed by atoms with Crippen molar-refractivity contribution in [2.75, 3.05) is 62.5 Å². The van der Waals surface area contributed by atoms with Gasteiger partial charge < -0.3 is 40.8 Å². The summed E-state index contributed by atoms with van der Waals surface area (Å²) in [6, 6.07) is 1.70. The lowest BCUT2D eigenvalue weighted by molar-refractivity contribution is 0.100. The molecule has 3 fully saturated rings. The molecular weight excluding hydrogens is 440 g/mol. The third kappa shape index (κ3) is 9.09. The lowest BCUT2D eigenvalue weighted by Crippen LogP contribution is -2.43. The number of ether oxygens (including phenoxy) is 3. The molecule has 2 heterocycles. The van der Waals surface area contributed by atoms with Crippen molar-refractivity contribution in [2.24, 2.45) is 5.92 Å². The highest BCUT2D eigenvalue weighted by Gasteiger charge is 2.45. The van der Waals surface area contributed by atoms with Gasteiger partial charge in [0.15, 0.2) is 0 Å². The summed E-state index contributed by atoms with van der Waals surface area (Å²) >= 11 is 0. The molecule has 31 heavy (non-hydrogen) atoms. The Balaban J connectivity index is 0.000000311. The zero-order valence-corrected chi connectivity index (χ0v) is 22.1. The Morgan fingerprint density at radius 3 is 1.90 bits per heavy atom. The molecule has 0 spiro atoms. The minimum atomic E-state index is -2.39. The van der Waals surface area contributed by atoms with Crippen molar-refractivity contribution in [3.05, 3.63) is 0 Å². The summed E-state index contributed by atoms with van der Waals surface area (Å²) in [6.07, 6.45) is 7.22. The van der Waals surface area contributed by atoms with E-state index in [1.54, 1.807) is 42.7 Å². The number of fused-ring (bicyclic) bond motifs is 1. The molecule has 0 bridgehead atoms. The van der Waals surface area contributed by atoms with Gasteiger partial charge in [0.05, 0.1) is 25.4 Å². The van der Waals surface area contributed by atoms with E-state index in [2.05, 4.69) is 0 Å². The van der Waals surface area contributed by atoms with Gasteiger partial charge in [-0.1, -0.05) is 0 Å². The first-order chi connectivity index (χ1) is 15.0. The molecule has 1 aliphatic carbocycles. The maximum atomic E-state index is 5.54. The zero-order chi connectivity index (χ0) is 22.7. The Bertz CT molecular complexity index is 477. The van der Waals surface area contributed by atoms with Crippen LogP contribution in [-0.4, -0.2) is 98.4 Å². The SMILES string of the molecule is CO[Si](CCC1CCC2OC2C1)(OC)OC.CO[Si](CCCOCC1CO1)(OC)OC.[HH]. The van der Waals surface area contributed by atoms with Crippen LogP contribution in [0.3, 0.4) is 0 Å². The second-order valence-corrected chi connectivity index (χ2v) is 14.3. The van der Waals surface area contributed by atoms with Gasteiger partial charge in [-0.15, -0.1) is 0 Å². The van der Waals surface area contributed by atoms with Crippen LogP contribution in [0.2, 0.25) is 12.1 Å². The fourth-order valence-electron chi connectivity index (χ4n) is 4.01. The molecule has 3 rings (SSSR count). The van der Waals surface area contributed by atoms with Gasteiger partial charge in [-0.05, 0) is 38.0 Å². The van der Waals surface area contributed by atoms with Crippen LogP contribution in [0.25, 0.3) is 0 Å². The molecule has 2 saturated heterocycles. The lowest BCUT2D eigenvalue weighted by Gasteiger charge is -2.27. The van der Waals surface area contributed by atoms with Gasteiger partial charge in [0.25, 0.3) is 0 Å². The third-order valence-electron chi connectivity index (χ3n) is 6.32. The number of rotatable bonds is 15. The van der Waals surface area contributed by atoms with Crippen LogP contribution in [0, 0.1) is 5.92 Å². The molecule has 186 valence electrons. The normalized spacial score (nSPS) is 27.3. The Morgan fingerprint density at radius 2 is 1.39 bits per heavy atom. The Labute approximate surface area is 191 Å². The van der Waals surface area contributed by atoms with Crippen LogP contribution in [0.5, 0.6) is 0 Å². The third-order valence-corrected chi connectivity index (χ3v) is 11.9. The maximum Gasteiger partial charge on any atom is 0.500 e. The molecule has 0 radical (unpaired) electrons. The fraction of sp³-hybridized carbons (Fsp3) is 1.00. The Hall–Kier alpha value is 0.0738. The van der Waals surface area contributed by atoms with Crippen LogP contribution < -0.4 is 0 Å². The molecule has 0 amide bonds. The summed E-state index contributed by atoms with van der Waals surface area (Å²) in [5.74, 6) is 0.760. The molecule has 0 aromatic heterocycles. The molecule has 11 heteroatoms. The number of epoxide rings is 2. The van der Waals surface area contributed by atoms with E-state index in [1.165, 1.54) is 19.3 Å². The van der Waals surface area contributed by atoms with E-state index >= 15 is 0 Å². The molecular formula is C20H44O9Si2. The van der Waals surface area contributed by atoms with E-state index in [-0.39, 0.29) is 1.43 Å². The van der Waals surface area contributed by atoms with Crippen LogP contribution in [0.4, 0.5) is 0 Å². The van der Waals surface area contributed by atoms with E-state index < -0.39 is 17.6 Å². The van der Waals surface area contributed by atoms with Crippen molar-refractivity contribution in [1.29, 1.82) is 0 Å².